The quantitative estimate of drug-likeness (QED) is 0.828. The van der Waals surface area contributed by atoms with Crippen molar-refractivity contribution in [3.63, 3.8) is 0 Å². The third kappa shape index (κ3) is 3.09. The van der Waals surface area contributed by atoms with Gasteiger partial charge in [0, 0.05) is 17.6 Å². The molecular weight excluding hydrogens is 290 g/mol. The summed E-state index contributed by atoms with van der Waals surface area (Å²) in [5.74, 6) is 0.965. The van der Waals surface area contributed by atoms with Gasteiger partial charge in [-0.25, -0.2) is 4.98 Å². The van der Waals surface area contributed by atoms with E-state index in [0.29, 0.717) is 0 Å². The predicted octanol–water partition coefficient (Wildman–Crippen LogP) is 3.50. The summed E-state index contributed by atoms with van der Waals surface area (Å²) in [6.07, 6.45) is 3.78. The third-order valence-corrected chi connectivity index (χ3v) is 3.13. The lowest BCUT2D eigenvalue weighted by Gasteiger charge is -2.16. The van der Waals surface area contributed by atoms with Crippen molar-refractivity contribution in [1.82, 2.24) is 14.9 Å². The van der Waals surface area contributed by atoms with Crippen molar-refractivity contribution in [2.45, 2.75) is 6.54 Å². The largest absolute Gasteiger partial charge is 0.341 e. The number of aromatic nitrogens is 2. The van der Waals surface area contributed by atoms with Crippen LogP contribution in [-0.4, -0.2) is 28.0 Å². The Labute approximate surface area is 115 Å². The molecule has 3 nitrogen and oxygen atoms in total. The van der Waals surface area contributed by atoms with Crippen LogP contribution >= 0.6 is 15.9 Å². The van der Waals surface area contributed by atoms with Gasteiger partial charge >= 0.3 is 0 Å². The molecule has 94 valence electrons. The summed E-state index contributed by atoms with van der Waals surface area (Å²) in [5.41, 5.74) is 2.04. The molecule has 0 atom stereocenters. The number of H-pyrrole nitrogens is 1. The zero-order valence-electron chi connectivity index (χ0n) is 10.2. The zero-order chi connectivity index (χ0) is 13.0. The molecule has 1 heterocycles. The van der Waals surface area contributed by atoms with Gasteiger partial charge in [-0.15, -0.1) is 13.2 Å². The molecule has 2 aromatic rings. The molecule has 0 radical (unpaired) electrons. The fourth-order valence-corrected chi connectivity index (χ4v) is 2.25. The summed E-state index contributed by atoms with van der Waals surface area (Å²) in [4.78, 5) is 10.1. The molecule has 0 bridgehead atoms. The summed E-state index contributed by atoms with van der Waals surface area (Å²) in [7, 11) is 0. The van der Waals surface area contributed by atoms with Crippen molar-refractivity contribution in [1.29, 1.82) is 0 Å². The molecule has 0 aliphatic heterocycles. The summed E-state index contributed by atoms with van der Waals surface area (Å²) in [5, 5.41) is 0. The standard InChI is InChI=1S/C14H16BrN3/c1-3-7-18(8-4-2)10-14-16-12-6-5-11(15)9-13(12)17-14/h3-6,9H,1-2,7-8,10H2,(H,16,17). The van der Waals surface area contributed by atoms with Gasteiger partial charge in [-0.05, 0) is 18.2 Å². The van der Waals surface area contributed by atoms with E-state index in [0.717, 1.165) is 41.0 Å². The van der Waals surface area contributed by atoms with Gasteiger partial charge in [0.15, 0.2) is 0 Å². The molecule has 4 heteroatoms. The highest BCUT2D eigenvalue weighted by atomic mass is 79.9. The molecule has 0 amide bonds. The van der Waals surface area contributed by atoms with Crippen LogP contribution in [0.5, 0.6) is 0 Å². The number of rotatable bonds is 6. The average molecular weight is 306 g/mol. The first kappa shape index (κ1) is 13.1. The second-order valence-corrected chi connectivity index (χ2v) is 5.03. The summed E-state index contributed by atoms with van der Waals surface area (Å²) in [6, 6.07) is 6.04. The number of hydrogen-bond donors (Lipinski definition) is 1. The Morgan fingerprint density at radius 1 is 1.28 bits per heavy atom. The Morgan fingerprint density at radius 3 is 2.67 bits per heavy atom. The fourth-order valence-electron chi connectivity index (χ4n) is 1.89. The van der Waals surface area contributed by atoms with Crippen LogP contribution < -0.4 is 0 Å². The fraction of sp³-hybridized carbons (Fsp3) is 0.214. The van der Waals surface area contributed by atoms with E-state index in [4.69, 9.17) is 0 Å². The zero-order valence-corrected chi connectivity index (χ0v) is 11.8. The lowest BCUT2D eigenvalue weighted by atomic mass is 10.3. The lowest BCUT2D eigenvalue weighted by Crippen LogP contribution is -2.23. The maximum absolute atomic E-state index is 4.57. The van der Waals surface area contributed by atoms with Gasteiger partial charge in [0.1, 0.15) is 5.82 Å². The number of aromatic amines is 1. The molecule has 0 saturated heterocycles. The molecule has 0 saturated carbocycles. The first-order valence-corrected chi connectivity index (χ1v) is 6.60. The smallest absolute Gasteiger partial charge is 0.121 e. The lowest BCUT2D eigenvalue weighted by molar-refractivity contribution is 0.320. The Morgan fingerprint density at radius 2 is 2.00 bits per heavy atom. The van der Waals surface area contributed by atoms with E-state index in [9.17, 15) is 0 Å². The van der Waals surface area contributed by atoms with Gasteiger partial charge in [-0.3, -0.25) is 4.90 Å². The highest BCUT2D eigenvalue weighted by Gasteiger charge is 2.07. The van der Waals surface area contributed by atoms with Gasteiger partial charge in [0.05, 0.1) is 17.6 Å². The predicted molar refractivity (Wildman–Crippen MR) is 79.5 cm³/mol. The van der Waals surface area contributed by atoms with Gasteiger partial charge in [-0.1, -0.05) is 28.1 Å². The van der Waals surface area contributed by atoms with Gasteiger partial charge in [0.2, 0.25) is 0 Å². The molecule has 2 rings (SSSR count). The van der Waals surface area contributed by atoms with Gasteiger partial charge < -0.3 is 4.98 Å². The van der Waals surface area contributed by atoms with Crippen molar-refractivity contribution in [2.24, 2.45) is 0 Å². The van der Waals surface area contributed by atoms with Crippen LogP contribution in [0.1, 0.15) is 5.82 Å². The van der Waals surface area contributed by atoms with Gasteiger partial charge in [0.25, 0.3) is 0 Å². The average Bonchev–Trinajstić information content (AvgIpc) is 2.71. The minimum absolute atomic E-state index is 0.768. The van der Waals surface area contributed by atoms with Crippen molar-refractivity contribution < 1.29 is 0 Å². The molecular formula is C14H16BrN3. The van der Waals surface area contributed by atoms with E-state index in [-0.39, 0.29) is 0 Å². The minimum Gasteiger partial charge on any atom is -0.341 e. The Hall–Kier alpha value is -1.39. The maximum Gasteiger partial charge on any atom is 0.121 e. The van der Waals surface area contributed by atoms with Crippen LogP contribution in [0.25, 0.3) is 11.0 Å². The topological polar surface area (TPSA) is 31.9 Å². The SMILES string of the molecule is C=CCN(CC=C)Cc1nc2ccc(Br)cc2[nH]1. The number of halogens is 1. The summed E-state index contributed by atoms with van der Waals surface area (Å²) in [6.45, 7) is 9.95. The van der Waals surface area contributed by atoms with E-state index >= 15 is 0 Å². The second-order valence-electron chi connectivity index (χ2n) is 4.12. The highest BCUT2D eigenvalue weighted by molar-refractivity contribution is 9.10. The second kappa shape index (κ2) is 5.98. The molecule has 1 N–H and O–H groups in total. The number of nitrogens with zero attached hydrogens (tertiary/aromatic N) is 2. The summed E-state index contributed by atoms with van der Waals surface area (Å²) >= 11 is 3.46. The van der Waals surface area contributed by atoms with Crippen LogP contribution in [0.4, 0.5) is 0 Å². The number of hydrogen-bond acceptors (Lipinski definition) is 2. The van der Waals surface area contributed by atoms with E-state index in [1.54, 1.807) is 0 Å². The van der Waals surface area contributed by atoms with Crippen LogP contribution in [0, 0.1) is 0 Å². The number of imidazole rings is 1. The molecule has 1 aromatic heterocycles. The van der Waals surface area contributed by atoms with Crippen LogP contribution in [0.2, 0.25) is 0 Å². The summed E-state index contributed by atoms with van der Waals surface area (Å²) < 4.78 is 1.05. The Balaban J connectivity index is 2.19. The molecule has 1 aromatic carbocycles. The van der Waals surface area contributed by atoms with E-state index in [1.165, 1.54) is 0 Å². The van der Waals surface area contributed by atoms with Crippen LogP contribution in [0.3, 0.4) is 0 Å². The number of benzene rings is 1. The number of fused-ring (bicyclic) bond motifs is 1. The van der Waals surface area contributed by atoms with Crippen molar-refractivity contribution >= 4 is 27.0 Å². The van der Waals surface area contributed by atoms with Gasteiger partial charge in [-0.2, -0.15) is 0 Å². The monoisotopic (exact) mass is 305 g/mol. The van der Waals surface area contributed by atoms with E-state index < -0.39 is 0 Å². The third-order valence-electron chi connectivity index (χ3n) is 2.64. The first-order chi connectivity index (χ1) is 8.72. The molecule has 18 heavy (non-hydrogen) atoms. The molecule has 0 spiro atoms. The van der Waals surface area contributed by atoms with E-state index in [2.05, 4.69) is 44.0 Å². The van der Waals surface area contributed by atoms with Crippen LogP contribution in [0.15, 0.2) is 48.0 Å². The minimum atomic E-state index is 0.768. The Bertz CT molecular complexity index is 549. The molecule has 0 unspecified atom stereocenters. The first-order valence-electron chi connectivity index (χ1n) is 5.81. The van der Waals surface area contributed by atoms with Crippen molar-refractivity contribution in [3.8, 4) is 0 Å². The van der Waals surface area contributed by atoms with Crippen LogP contribution in [-0.2, 0) is 6.54 Å². The van der Waals surface area contributed by atoms with Crippen molar-refractivity contribution in [2.75, 3.05) is 13.1 Å². The maximum atomic E-state index is 4.57. The van der Waals surface area contributed by atoms with Crippen molar-refractivity contribution in [3.05, 3.63) is 53.8 Å². The molecule has 0 fully saturated rings. The normalized spacial score (nSPS) is 11.0. The molecule has 0 aliphatic rings. The Kier molecular flexibility index (Phi) is 4.33. The number of nitrogens with one attached hydrogen (secondary N) is 1. The van der Waals surface area contributed by atoms with E-state index in [1.807, 2.05) is 30.4 Å². The highest BCUT2D eigenvalue weighted by Crippen LogP contribution is 2.18. The molecule has 0 aliphatic carbocycles.